The van der Waals surface area contributed by atoms with Gasteiger partial charge in [-0.05, 0) is 36.1 Å². The number of likely N-dealkylation sites (tertiary alicyclic amines) is 2. The van der Waals surface area contributed by atoms with Gasteiger partial charge in [-0.1, -0.05) is 12.1 Å². The fourth-order valence-electron chi connectivity index (χ4n) is 4.05. The van der Waals surface area contributed by atoms with Gasteiger partial charge in [0.15, 0.2) is 0 Å². The Labute approximate surface area is 115 Å². The third-order valence-electron chi connectivity index (χ3n) is 4.90. The second kappa shape index (κ2) is 4.50. The SMILES string of the molecule is CN1CC2CN(Cc3ccc4c(c3)CCO4)CC2C1. The van der Waals surface area contributed by atoms with Crippen LogP contribution in [-0.4, -0.2) is 49.6 Å². The third-order valence-corrected chi connectivity index (χ3v) is 4.90. The average Bonchev–Trinajstić information content (AvgIpc) is 3.02. The van der Waals surface area contributed by atoms with Crippen LogP contribution in [0.5, 0.6) is 5.75 Å². The van der Waals surface area contributed by atoms with Gasteiger partial charge in [-0.3, -0.25) is 4.90 Å². The molecule has 0 radical (unpaired) electrons. The molecule has 3 aliphatic rings. The number of nitrogens with zero attached hydrogens (tertiary/aromatic N) is 2. The Morgan fingerprint density at radius 1 is 1.16 bits per heavy atom. The molecule has 3 heteroatoms. The van der Waals surface area contributed by atoms with Crippen molar-refractivity contribution < 1.29 is 4.74 Å². The van der Waals surface area contributed by atoms with Crippen molar-refractivity contribution in [1.29, 1.82) is 0 Å². The molecule has 4 rings (SSSR count). The summed E-state index contributed by atoms with van der Waals surface area (Å²) in [5.41, 5.74) is 2.86. The van der Waals surface area contributed by atoms with Crippen molar-refractivity contribution in [2.45, 2.75) is 13.0 Å². The van der Waals surface area contributed by atoms with Crippen LogP contribution in [-0.2, 0) is 13.0 Å². The topological polar surface area (TPSA) is 15.7 Å². The van der Waals surface area contributed by atoms with E-state index in [4.69, 9.17) is 4.74 Å². The van der Waals surface area contributed by atoms with Gasteiger partial charge >= 0.3 is 0 Å². The zero-order chi connectivity index (χ0) is 12.8. The smallest absolute Gasteiger partial charge is 0.122 e. The quantitative estimate of drug-likeness (QED) is 0.801. The number of hydrogen-bond donors (Lipinski definition) is 0. The van der Waals surface area contributed by atoms with Gasteiger partial charge in [0.25, 0.3) is 0 Å². The zero-order valence-electron chi connectivity index (χ0n) is 11.6. The lowest BCUT2D eigenvalue weighted by Gasteiger charge is -2.19. The Morgan fingerprint density at radius 2 is 1.95 bits per heavy atom. The normalized spacial score (nSPS) is 30.4. The summed E-state index contributed by atoms with van der Waals surface area (Å²) in [7, 11) is 2.25. The van der Waals surface area contributed by atoms with Crippen molar-refractivity contribution in [3.05, 3.63) is 29.3 Å². The maximum absolute atomic E-state index is 5.58. The predicted octanol–water partition coefficient (Wildman–Crippen LogP) is 1.61. The fraction of sp³-hybridized carbons (Fsp3) is 0.625. The van der Waals surface area contributed by atoms with Crippen molar-refractivity contribution >= 4 is 0 Å². The molecular formula is C16H22N2O. The van der Waals surface area contributed by atoms with E-state index in [1.54, 1.807) is 0 Å². The molecule has 1 aromatic rings. The maximum Gasteiger partial charge on any atom is 0.122 e. The Balaban J connectivity index is 1.43. The molecule has 0 bridgehead atoms. The van der Waals surface area contributed by atoms with E-state index in [2.05, 4.69) is 35.0 Å². The molecule has 2 unspecified atom stereocenters. The lowest BCUT2D eigenvalue weighted by Crippen LogP contribution is -2.26. The van der Waals surface area contributed by atoms with Crippen molar-refractivity contribution in [3.8, 4) is 5.75 Å². The van der Waals surface area contributed by atoms with Gasteiger partial charge in [0.2, 0.25) is 0 Å². The third kappa shape index (κ3) is 2.15. The Bertz CT molecular complexity index is 474. The molecule has 1 aromatic carbocycles. The first kappa shape index (κ1) is 11.7. The minimum atomic E-state index is 0.860. The molecule has 0 saturated carbocycles. The molecule has 0 aromatic heterocycles. The van der Waals surface area contributed by atoms with E-state index < -0.39 is 0 Å². The van der Waals surface area contributed by atoms with Gasteiger partial charge in [-0.2, -0.15) is 0 Å². The van der Waals surface area contributed by atoms with E-state index in [1.165, 1.54) is 37.3 Å². The molecule has 3 aliphatic heterocycles. The second-order valence-electron chi connectivity index (χ2n) is 6.48. The standard InChI is InChI=1S/C16H22N2O/c1-17-8-14-10-18(11-15(14)9-17)7-12-2-3-16-13(6-12)4-5-19-16/h2-3,6,14-15H,4-5,7-11H2,1H3. The predicted molar refractivity (Wildman–Crippen MR) is 75.4 cm³/mol. The zero-order valence-corrected chi connectivity index (χ0v) is 11.6. The molecular weight excluding hydrogens is 236 g/mol. The highest BCUT2D eigenvalue weighted by molar-refractivity contribution is 5.39. The summed E-state index contributed by atoms with van der Waals surface area (Å²) in [6, 6.07) is 6.75. The molecule has 2 saturated heterocycles. The summed E-state index contributed by atoms with van der Waals surface area (Å²) in [5, 5.41) is 0. The van der Waals surface area contributed by atoms with Crippen LogP contribution in [0.2, 0.25) is 0 Å². The Hall–Kier alpha value is -1.06. The molecule has 2 fully saturated rings. The van der Waals surface area contributed by atoms with Crippen molar-refractivity contribution in [2.75, 3.05) is 39.8 Å². The van der Waals surface area contributed by atoms with Crippen LogP contribution in [0, 0.1) is 11.8 Å². The van der Waals surface area contributed by atoms with Crippen LogP contribution >= 0.6 is 0 Å². The van der Waals surface area contributed by atoms with Crippen LogP contribution < -0.4 is 4.74 Å². The van der Waals surface area contributed by atoms with Gasteiger partial charge in [-0.25, -0.2) is 0 Å². The van der Waals surface area contributed by atoms with Crippen molar-refractivity contribution in [3.63, 3.8) is 0 Å². The molecule has 19 heavy (non-hydrogen) atoms. The summed E-state index contributed by atoms with van der Waals surface area (Å²) < 4.78 is 5.58. The van der Waals surface area contributed by atoms with E-state index in [-0.39, 0.29) is 0 Å². The first-order valence-corrected chi connectivity index (χ1v) is 7.43. The molecule has 0 N–H and O–H groups in total. The highest BCUT2D eigenvalue weighted by Gasteiger charge is 2.38. The van der Waals surface area contributed by atoms with Crippen LogP contribution in [0.3, 0.4) is 0 Å². The maximum atomic E-state index is 5.58. The van der Waals surface area contributed by atoms with E-state index in [9.17, 15) is 0 Å². The Kier molecular flexibility index (Phi) is 2.78. The highest BCUT2D eigenvalue weighted by atomic mass is 16.5. The largest absolute Gasteiger partial charge is 0.493 e. The first-order valence-electron chi connectivity index (χ1n) is 7.43. The van der Waals surface area contributed by atoms with Crippen molar-refractivity contribution in [1.82, 2.24) is 9.80 Å². The molecule has 0 amide bonds. The molecule has 0 spiro atoms. The first-order chi connectivity index (χ1) is 9.28. The van der Waals surface area contributed by atoms with Gasteiger partial charge < -0.3 is 9.64 Å². The van der Waals surface area contributed by atoms with E-state index in [0.717, 1.165) is 37.2 Å². The number of rotatable bonds is 2. The second-order valence-corrected chi connectivity index (χ2v) is 6.48. The number of benzene rings is 1. The van der Waals surface area contributed by atoms with Crippen LogP contribution in [0.1, 0.15) is 11.1 Å². The van der Waals surface area contributed by atoms with Crippen LogP contribution in [0.25, 0.3) is 0 Å². The summed E-state index contributed by atoms with van der Waals surface area (Å²) in [6.45, 7) is 7.12. The minimum Gasteiger partial charge on any atom is -0.493 e. The average molecular weight is 258 g/mol. The van der Waals surface area contributed by atoms with Gasteiger partial charge in [-0.15, -0.1) is 0 Å². The summed E-state index contributed by atoms with van der Waals surface area (Å²) >= 11 is 0. The lowest BCUT2D eigenvalue weighted by atomic mass is 10.0. The van der Waals surface area contributed by atoms with Crippen molar-refractivity contribution in [2.24, 2.45) is 11.8 Å². The summed E-state index contributed by atoms with van der Waals surface area (Å²) in [6.07, 6.45) is 1.08. The van der Waals surface area contributed by atoms with Gasteiger partial charge in [0.1, 0.15) is 5.75 Å². The fourth-order valence-corrected chi connectivity index (χ4v) is 4.05. The van der Waals surface area contributed by atoms with Gasteiger partial charge in [0, 0.05) is 39.1 Å². The molecule has 3 heterocycles. The number of fused-ring (bicyclic) bond motifs is 2. The van der Waals surface area contributed by atoms with E-state index >= 15 is 0 Å². The van der Waals surface area contributed by atoms with E-state index in [1.807, 2.05) is 0 Å². The van der Waals surface area contributed by atoms with Crippen LogP contribution in [0.4, 0.5) is 0 Å². The number of ether oxygens (including phenoxy) is 1. The monoisotopic (exact) mass is 258 g/mol. The molecule has 3 nitrogen and oxygen atoms in total. The minimum absolute atomic E-state index is 0.860. The molecule has 102 valence electrons. The molecule has 0 aliphatic carbocycles. The lowest BCUT2D eigenvalue weighted by molar-refractivity contribution is 0.272. The molecule has 2 atom stereocenters. The summed E-state index contributed by atoms with van der Waals surface area (Å²) in [5.74, 6) is 2.91. The number of hydrogen-bond acceptors (Lipinski definition) is 3. The van der Waals surface area contributed by atoms with Crippen LogP contribution in [0.15, 0.2) is 18.2 Å². The van der Waals surface area contributed by atoms with Gasteiger partial charge in [0.05, 0.1) is 6.61 Å². The van der Waals surface area contributed by atoms with E-state index in [0.29, 0.717) is 0 Å². The highest BCUT2D eigenvalue weighted by Crippen LogP contribution is 2.32. The Morgan fingerprint density at radius 3 is 2.74 bits per heavy atom. The summed E-state index contributed by atoms with van der Waals surface area (Å²) in [4.78, 5) is 5.12.